The number of amidine groups is 1. The van der Waals surface area contributed by atoms with Gasteiger partial charge in [-0.25, -0.2) is 5.53 Å². The quantitative estimate of drug-likeness (QED) is 0.172. The highest BCUT2D eigenvalue weighted by molar-refractivity contribution is 6.06. The van der Waals surface area contributed by atoms with E-state index in [1.54, 1.807) is 36.4 Å². The Labute approximate surface area is 161 Å². The monoisotopic (exact) mass is 379 g/mol. The first-order chi connectivity index (χ1) is 13.3. The summed E-state index contributed by atoms with van der Waals surface area (Å²) in [6, 6.07) is 9.65. The molecule has 2 aromatic carbocycles. The van der Waals surface area contributed by atoms with Crippen molar-refractivity contribution in [2.45, 2.75) is 24.8 Å². The van der Waals surface area contributed by atoms with Crippen LogP contribution in [0.4, 0.5) is 0 Å². The summed E-state index contributed by atoms with van der Waals surface area (Å²) in [6.45, 7) is 1.83. The van der Waals surface area contributed by atoms with Crippen molar-refractivity contribution in [1.82, 2.24) is 0 Å². The van der Waals surface area contributed by atoms with E-state index in [2.05, 4.69) is 10.2 Å². The van der Waals surface area contributed by atoms with Crippen LogP contribution in [0.25, 0.3) is 11.1 Å². The van der Waals surface area contributed by atoms with Crippen LogP contribution >= 0.6 is 0 Å². The second-order valence-electron chi connectivity index (χ2n) is 6.90. The number of nitrogens with two attached hydrogens (primary N) is 4. The van der Waals surface area contributed by atoms with Crippen molar-refractivity contribution in [3.8, 4) is 11.1 Å². The molecule has 0 unspecified atom stereocenters. The summed E-state index contributed by atoms with van der Waals surface area (Å²) in [5, 5.41) is 7.31. The summed E-state index contributed by atoms with van der Waals surface area (Å²) in [6.07, 6.45) is 0.358. The van der Waals surface area contributed by atoms with Gasteiger partial charge in [0.05, 0.1) is 5.41 Å². The van der Waals surface area contributed by atoms with E-state index in [4.69, 9.17) is 28.6 Å². The predicted octanol–water partition coefficient (Wildman–Crippen LogP) is 1.19. The first kappa shape index (κ1) is 19.2. The van der Waals surface area contributed by atoms with Gasteiger partial charge in [-0.3, -0.25) is 9.59 Å². The van der Waals surface area contributed by atoms with Crippen molar-refractivity contribution < 1.29 is 9.59 Å². The number of rotatable bonds is 5. The molecule has 2 amide bonds. The van der Waals surface area contributed by atoms with Crippen LogP contribution < -0.4 is 23.0 Å². The molecule has 9 nitrogen and oxygen atoms in total. The molecule has 144 valence electrons. The number of hydrogen-bond donors (Lipinski definition) is 5. The number of benzene rings is 2. The number of carbonyl (C=O) groups excluding carboxylic acids is 2. The van der Waals surface area contributed by atoms with E-state index < -0.39 is 17.2 Å². The third-order valence-corrected chi connectivity index (χ3v) is 5.06. The van der Waals surface area contributed by atoms with Gasteiger partial charge in [0.1, 0.15) is 0 Å². The zero-order valence-electron chi connectivity index (χ0n) is 15.3. The van der Waals surface area contributed by atoms with Crippen LogP contribution in [0.2, 0.25) is 0 Å². The summed E-state index contributed by atoms with van der Waals surface area (Å²) >= 11 is 0. The smallest absolute Gasteiger partial charge is 0.248 e. The summed E-state index contributed by atoms with van der Waals surface area (Å²) in [5.41, 5.74) is 27.0. The van der Waals surface area contributed by atoms with Gasteiger partial charge in [0.25, 0.3) is 0 Å². The number of hydrogen-bond acceptors (Lipinski definition) is 6. The minimum atomic E-state index is -0.998. The lowest BCUT2D eigenvalue weighted by atomic mass is 9.72. The second-order valence-corrected chi connectivity index (χ2v) is 6.90. The first-order valence-corrected chi connectivity index (χ1v) is 8.56. The Morgan fingerprint density at radius 3 is 1.82 bits per heavy atom. The van der Waals surface area contributed by atoms with E-state index in [1.165, 1.54) is 0 Å². The Morgan fingerprint density at radius 1 is 1.04 bits per heavy atom. The standard InChI is InChI=1S/C19H21N7O2/c1-9(20)8-19(18(25-23)26-24)14-4-2-10(16(21)27)6-12(14)13-7-11(17(22)28)3-5-15(13)19/h2-7,9,23H,8,20,24H2,1H3,(H2,21,27)(H2,22,28)/b25-23?,26-18-/t9-/m1/s1. The summed E-state index contributed by atoms with van der Waals surface area (Å²) in [5.74, 6) is 4.48. The van der Waals surface area contributed by atoms with E-state index in [-0.39, 0.29) is 11.9 Å². The Morgan fingerprint density at radius 2 is 1.50 bits per heavy atom. The van der Waals surface area contributed by atoms with Gasteiger partial charge in [0.2, 0.25) is 11.8 Å². The van der Waals surface area contributed by atoms with Crippen molar-refractivity contribution in [2.75, 3.05) is 0 Å². The molecule has 3 rings (SSSR count). The molecule has 0 fully saturated rings. The molecular weight excluding hydrogens is 358 g/mol. The number of hydrazone groups is 1. The molecular formula is C19H21N7O2. The fourth-order valence-electron chi connectivity index (χ4n) is 4.00. The molecule has 28 heavy (non-hydrogen) atoms. The highest BCUT2D eigenvalue weighted by atomic mass is 16.1. The molecule has 2 aromatic rings. The van der Waals surface area contributed by atoms with Crippen LogP contribution in [0, 0.1) is 5.53 Å². The van der Waals surface area contributed by atoms with E-state index in [0.29, 0.717) is 28.7 Å². The lowest BCUT2D eigenvalue weighted by Gasteiger charge is -2.32. The van der Waals surface area contributed by atoms with Crippen molar-refractivity contribution >= 4 is 17.6 Å². The van der Waals surface area contributed by atoms with Crippen molar-refractivity contribution in [2.24, 2.45) is 33.3 Å². The molecule has 1 atom stereocenters. The normalized spacial score (nSPS) is 15.4. The number of nitrogens with zero attached hydrogens (tertiary/aromatic N) is 2. The van der Waals surface area contributed by atoms with E-state index >= 15 is 0 Å². The van der Waals surface area contributed by atoms with Crippen molar-refractivity contribution in [3.05, 3.63) is 58.7 Å². The maximum atomic E-state index is 11.7. The van der Waals surface area contributed by atoms with E-state index in [9.17, 15) is 9.59 Å². The molecule has 0 bridgehead atoms. The highest BCUT2D eigenvalue weighted by Gasteiger charge is 2.48. The van der Waals surface area contributed by atoms with Gasteiger partial charge in [-0.1, -0.05) is 12.1 Å². The van der Waals surface area contributed by atoms with Crippen LogP contribution in [0.15, 0.2) is 46.6 Å². The second kappa shape index (κ2) is 6.86. The summed E-state index contributed by atoms with van der Waals surface area (Å²) in [4.78, 5) is 23.4. The number of fused-ring (bicyclic) bond motifs is 3. The van der Waals surface area contributed by atoms with Crippen molar-refractivity contribution in [1.29, 1.82) is 5.53 Å². The molecule has 0 radical (unpaired) electrons. The zero-order chi connectivity index (χ0) is 20.6. The summed E-state index contributed by atoms with van der Waals surface area (Å²) < 4.78 is 0. The lowest BCUT2D eigenvalue weighted by molar-refractivity contribution is 0.0991. The number of nitrogens with one attached hydrogen (secondary N) is 1. The van der Waals surface area contributed by atoms with Crippen LogP contribution in [0.5, 0.6) is 0 Å². The van der Waals surface area contributed by atoms with Crippen LogP contribution in [0.1, 0.15) is 45.2 Å². The largest absolute Gasteiger partial charge is 0.366 e. The maximum absolute atomic E-state index is 11.7. The topological polar surface area (TPSA) is 187 Å². The predicted molar refractivity (Wildman–Crippen MR) is 105 cm³/mol. The molecule has 9 N–H and O–H groups in total. The van der Waals surface area contributed by atoms with Gasteiger partial charge in [0, 0.05) is 17.2 Å². The van der Waals surface area contributed by atoms with Gasteiger partial charge in [0.15, 0.2) is 5.84 Å². The molecule has 0 heterocycles. The Kier molecular flexibility index (Phi) is 4.70. The van der Waals surface area contributed by atoms with Crippen LogP contribution in [-0.2, 0) is 5.41 Å². The lowest BCUT2D eigenvalue weighted by Crippen LogP contribution is -2.40. The maximum Gasteiger partial charge on any atom is 0.248 e. The fraction of sp³-hybridized carbons (Fsp3) is 0.211. The first-order valence-electron chi connectivity index (χ1n) is 8.56. The van der Waals surface area contributed by atoms with E-state index in [0.717, 1.165) is 11.1 Å². The number of carbonyl (C=O) groups is 2. The number of amides is 2. The Bertz CT molecular complexity index is 963. The highest BCUT2D eigenvalue weighted by Crippen LogP contribution is 2.52. The third-order valence-electron chi connectivity index (χ3n) is 5.06. The van der Waals surface area contributed by atoms with Gasteiger partial charge < -0.3 is 23.0 Å². The third kappa shape index (κ3) is 2.72. The molecule has 9 heteroatoms. The average Bonchev–Trinajstić information content (AvgIpc) is 2.92. The van der Waals surface area contributed by atoms with Crippen LogP contribution in [-0.4, -0.2) is 23.7 Å². The SMILES string of the molecule is C[C@@H](N)CC1(/C(N=N)=N/N)c2ccc(C(N)=O)cc2-c2cc(C(N)=O)ccc21. The van der Waals surface area contributed by atoms with E-state index in [1.807, 2.05) is 6.92 Å². The van der Waals surface area contributed by atoms with Gasteiger partial charge >= 0.3 is 0 Å². The Balaban J connectivity index is 2.45. The molecule has 1 aliphatic rings. The molecule has 0 saturated heterocycles. The fourth-order valence-corrected chi connectivity index (χ4v) is 4.00. The molecule has 0 saturated carbocycles. The van der Waals surface area contributed by atoms with Crippen molar-refractivity contribution in [3.63, 3.8) is 0 Å². The zero-order valence-corrected chi connectivity index (χ0v) is 15.3. The molecule has 0 aromatic heterocycles. The molecule has 1 aliphatic carbocycles. The van der Waals surface area contributed by atoms with Crippen LogP contribution in [0.3, 0.4) is 0 Å². The number of primary amides is 2. The average molecular weight is 379 g/mol. The van der Waals surface area contributed by atoms with Gasteiger partial charge in [-0.05, 0) is 59.9 Å². The Hall–Kier alpha value is -3.59. The van der Waals surface area contributed by atoms with Gasteiger partial charge in [-0.15, -0.1) is 5.11 Å². The minimum Gasteiger partial charge on any atom is -0.366 e. The molecule has 0 aliphatic heterocycles. The molecule has 0 spiro atoms. The summed E-state index contributed by atoms with van der Waals surface area (Å²) in [7, 11) is 0. The van der Waals surface area contributed by atoms with Gasteiger partial charge in [-0.2, -0.15) is 5.10 Å². The minimum absolute atomic E-state index is 0.0726.